The number of amides is 1. The van der Waals surface area contributed by atoms with E-state index < -0.39 is 11.9 Å². The Bertz CT molecular complexity index is 829. The van der Waals surface area contributed by atoms with Crippen molar-refractivity contribution in [2.75, 3.05) is 6.54 Å². The first-order valence-corrected chi connectivity index (χ1v) is 8.82. The molecule has 1 aliphatic carbocycles. The van der Waals surface area contributed by atoms with Crippen LogP contribution in [0.3, 0.4) is 0 Å². The van der Waals surface area contributed by atoms with Crippen LogP contribution in [0, 0.1) is 0 Å². The van der Waals surface area contributed by atoms with Gasteiger partial charge in [-0.3, -0.25) is 9.59 Å². The summed E-state index contributed by atoms with van der Waals surface area (Å²) in [7, 11) is 0. The molecular weight excluding hydrogens is 314 g/mol. The van der Waals surface area contributed by atoms with Crippen molar-refractivity contribution in [3.05, 3.63) is 70.8 Å². The van der Waals surface area contributed by atoms with Crippen LogP contribution in [-0.4, -0.2) is 28.4 Å². The SMILES string of the molecule is O=C(O)C1CN(C(=O)C2CCCc3ccccc32)Cc2ccccc21. The maximum Gasteiger partial charge on any atom is 0.312 e. The number of carbonyl (C=O) groups is 2. The van der Waals surface area contributed by atoms with E-state index in [1.807, 2.05) is 42.5 Å². The molecule has 4 heteroatoms. The van der Waals surface area contributed by atoms with Crippen LogP contribution in [0.25, 0.3) is 0 Å². The van der Waals surface area contributed by atoms with Gasteiger partial charge in [-0.15, -0.1) is 0 Å². The fourth-order valence-corrected chi connectivity index (χ4v) is 4.22. The predicted molar refractivity (Wildman–Crippen MR) is 94.4 cm³/mol. The smallest absolute Gasteiger partial charge is 0.312 e. The number of fused-ring (bicyclic) bond motifs is 2. The fraction of sp³-hybridized carbons (Fsp3) is 0.333. The highest BCUT2D eigenvalue weighted by Gasteiger charge is 2.36. The third-order valence-corrected chi connectivity index (χ3v) is 5.47. The van der Waals surface area contributed by atoms with Gasteiger partial charge in [0.15, 0.2) is 0 Å². The Labute approximate surface area is 147 Å². The highest BCUT2D eigenvalue weighted by atomic mass is 16.4. The number of rotatable bonds is 2. The van der Waals surface area contributed by atoms with Crippen molar-refractivity contribution in [3.8, 4) is 0 Å². The Kier molecular flexibility index (Phi) is 4.04. The zero-order valence-electron chi connectivity index (χ0n) is 14.0. The number of aliphatic carboxylic acids is 1. The zero-order valence-corrected chi connectivity index (χ0v) is 14.0. The molecule has 0 saturated heterocycles. The van der Waals surface area contributed by atoms with E-state index >= 15 is 0 Å². The second-order valence-corrected chi connectivity index (χ2v) is 6.95. The summed E-state index contributed by atoms with van der Waals surface area (Å²) in [6, 6.07) is 15.7. The summed E-state index contributed by atoms with van der Waals surface area (Å²) < 4.78 is 0. The Morgan fingerprint density at radius 3 is 2.28 bits per heavy atom. The molecule has 2 aromatic carbocycles. The van der Waals surface area contributed by atoms with Crippen LogP contribution in [0.1, 0.15) is 46.9 Å². The molecule has 1 amide bonds. The zero-order chi connectivity index (χ0) is 17.4. The van der Waals surface area contributed by atoms with E-state index in [1.165, 1.54) is 5.56 Å². The molecule has 0 spiro atoms. The third-order valence-electron chi connectivity index (χ3n) is 5.47. The summed E-state index contributed by atoms with van der Waals surface area (Å²) in [4.78, 5) is 26.7. The molecule has 2 atom stereocenters. The lowest BCUT2D eigenvalue weighted by atomic mass is 9.81. The Hall–Kier alpha value is -2.62. The lowest BCUT2D eigenvalue weighted by Crippen LogP contribution is -2.43. The molecule has 1 N–H and O–H groups in total. The van der Waals surface area contributed by atoms with Crippen LogP contribution in [0.4, 0.5) is 0 Å². The molecule has 2 aliphatic rings. The van der Waals surface area contributed by atoms with Gasteiger partial charge in [0.2, 0.25) is 5.91 Å². The maximum absolute atomic E-state index is 13.2. The maximum atomic E-state index is 13.2. The molecule has 25 heavy (non-hydrogen) atoms. The van der Waals surface area contributed by atoms with Gasteiger partial charge in [-0.1, -0.05) is 48.5 Å². The second kappa shape index (κ2) is 6.36. The van der Waals surface area contributed by atoms with Gasteiger partial charge >= 0.3 is 5.97 Å². The number of aryl methyl sites for hydroxylation is 1. The van der Waals surface area contributed by atoms with E-state index in [0.29, 0.717) is 6.54 Å². The van der Waals surface area contributed by atoms with E-state index in [-0.39, 0.29) is 18.4 Å². The standard InChI is InChI=1S/C21H21NO3/c23-20(18-11-5-8-14-6-1-3-9-16(14)18)22-12-15-7-2-4-10-17(15)19(13-22)21(24)25/h1-4,6-7,9-10,18-19H,5,8,11-13H2,(H,24,25). The molecule has 0 aromatic heterocycles. The molecule has 0 radical (unpaired) electrons. The number of carbonyl (C=O) groups excluding carboxylic acids is 1. The molecule has 4 rings (SSSR count). The van der Waals surface area contributed by atoms with Gasteiger partial charge in [0.05, 0.1) is 11.8 Å². The average Bonchev–Trinajstić information content (AvgIpc) is 2.66. The van der Waals surface area contributed by atoms with Crippen LogP contribution in [0.5, 0.6) is 0 Å². The topological polar surface area (TPSA) is 57.6 Å². The summed E-state index contributed by atoms with van der Waals surface area (Å²) in [5, 5.41) is 9.61. The molecule has 1 aliphatic heterocycles. The molecule has 0 fully saturated rings. The van der Waals surface area contributed by atoms with Gasteiger partial charge in [0, 0.05) is 13.1 Å². The predicted octanol–water partition coefficient (Wildman–Crippen LogP) is 3.32. The van der Waals surface area contributed by atoms with Crippen molar-refractivity contribution in [1.29, 1.82) is 0 Å². The molecule has 2 aromatic rings. The Morgan fingerprint density at radius 2 is 1.56 bits per heavy atom. The first-order valence-electron chi connectivity index (χ1n) is 8.82. The van der Waals surface area contributed by atoms with E-state index in [2.05, 4.69) is 6.07 Å². The third kappa shape index (κ3) is 2.82. The highest BCUT2D eigenvalue weighted by molar-refractivity contribution is 5.86. The van der Waals surface area contributed by atoms with Crippen LogP contribution < -0.4 is 0 Å². The van der Waals surface area contributed by atoms with Gasteiger partial charge in [0.25, 0.3) is 0 Å². The van der Waals surface area contributed by atoms with Crippen LogP contribution in [-0.2, 0) is 22.6 Å². The largest absolute Gasteiger partial charge is 0.481 e. The van der Waals surface area contributed by atoms with Gasteiger partial charge in [-0.25, -0.2) is 0 Å². The van der Waals surface area contributed by atoms with Crippen LogP contribution in [0.15, 0.2) is 48.5 Å². The second-order valence-electron chi connectivity index (χ2n) is 6.95. The minimum atomic E-state index is -0.867. The van der Waals surface area contributed by atoms with E-state index in [1.54, 1.807) is 4.90 Å². The van der Waals surface area contributed by atoms with Crippen molar-refractivity contribution < 1.29 is 14.7 Å². The molecule has 0 saturated carbocycles. The quantitative estimate of drug-likeness (QED) is 0.916. The number of carboxylic acids is 1. The molecule has 0 bridgehead atoms. The normalized spacial score (nSPS) is 22.0. The lowest BCUT2D eigenvalue weighted by molar-refractivity contribution is -0.142. The fourth-order valence-electron chi connectivity index (χ4n) is 4.22. The van der Waals surface area contributed by atoms with Crippen LogP contribution >= 0.6 is 0 Å². The summed E-state index contributed by atoms with van der Waals surface area (Å²) in [5.41, 5.74) is 4.14. The van der Waals surface area contributed by atoms with Crippen molar-refractivity contribution in [3.63, 3.8) is 0 Å². The lowest BCUT2D eigenvalue weighted by Gasteiger charge is -2.36. The van der Waals surface area contributed by atoms with Crippen molar-refractivity contribution in [2.24, 2.45) is 0 Å². The van der Waals surface area contributed by atoms with Crippen molar-refractivity contribution >= 4 is 11.9 Å². The van der Waals surface area contributed by atoms with Gasteiger partial charge in [0.1, 0.15) is 0 Å². The first-order chi connectivity index (χ1) is 12.1. The van der Waals surface area contributed by atoms with E-state index in [9.17, 15) is 14.7 Å². The molecule has 4 nitrogen and oxygen atoms in total. The van der Waals surface area contributed by atoms with Crippen LogP contribution in [0.2, 0.25) is 0 Å². The van der Waals surface area contributed by atoms with Gasteiger partial charge < -0.3 is 10.0 Å². The highest BCUT2D eigenvalue weighted by Crippen LogP contribution is 2.36. The molecule has 128 valence electrons. The number of benzene rings is 2. The summed E-state index contributed by atoms with van der Waals surface area (Å²) in [5.74, 6) is -1.60. The van der Waals surface area contributed by atoms with Gasteiger partial charge in [-0.05, 0) is 41.5 Å². The molecule has 2 unspecified atom stereocenters. The van der Waals surface area contributed by atoms with Gasteiger partial charge in [-0.2, -0.15) is 0 Å². The summed E-state index contributed by atoms with van der Waals surface area (Å²) in [6.07, 6.45) is 2.85. The van der Waals surface area contributed by atoms with Crippen molar-refractivity contribution in [2.45, 2.75) is 37.6 Å². The monoisotopic (exact) mass is 335 g/mol. The van der Waals surface area contributed by atoms with E-state index in [0.717, 1.165) is 36.0 Å². The number of hydrogen-bond donors (Lipinski definition) is 1. The number of hydrogen-bond acceptors (Lipinski definition) is 2. The minimum Gasteiger partial charge on any atom is -0.481 e. The van der Waals surface area contributed by atoms with Crippen molar-refractivity contribution in [1.82, 2.24) is 4.90 Å². The summed E-state index contributed by atoms with van der Waals surface area (Å²) >= 11 is 0. The Morgan fingerprint density at radius 1 is 0.920 bits per heavy atom. The minimum absolute atomic E-state index is 0.0629. The Balaban J connectivity index is 1.65. The average molecular weight is 335 g/mol. The first kappa shape index (κ1) is 15.9. The number of nitrogens with zero attached hydrogens (tertiary/aromatic N) is 1. The molecule has 1 heterocycles. The number of carboxylic acid groups (broad SMARTS) is 1. The van der Waals surface area contributed by atoms with E-state index in [4.69, 9.17) is 0 Å². The summed E-state index contributed by atoms with van der Waals surface area (Å²) in [6.45, 7) is 0.751. The molecular formula is C21H21NO3.